The molecule has 2 rings (SSSR count). The molecule has 2 aromatic carbocycles. The molecule has 124 valence electrons. The molecule has 1 N–H and O–H groups in total. The molecule has 0 heterocycles. The molecule has 0 aromatic heterocycles. The van der Waals surface area contributed by atoms with Crippen LogP contribution in [0.5, 0.6) is 5.75 Å². The summed E-state index contributed by atoms with van der Waals surface area (Å²) in [6.45, 7) is 3.13. The van der Waals surface area contributed by atoms with Gasteiger partial charge in [0.05, 0.1) is 11.5 Å². The van der Waals surface area contributed by atoms with Gasteiger partial charge in [-0.1, -0.05) is 24.3 Å². The Morgan fingerprint density at radius 2 is 1.70 bits per heavy atom. The van der Waals surface area contributed by atoms with Crippen LogP contribution in [-0.2, 0) is 21.3 Å². The Bertz CT molecular complexity index is 727. The predicted octanol–water partition coefficient (Wildman–Crippen LogP) is 2.50. The maximum atomic E-state index is 12.3. The van der Waals surface area contributed by atoms with Crippen molar-refractivity contribution in [3.8, 4) is 5.75 Å². The molecule has 0 saturated heterocycles. The Morgan fingerprint density at radius 3 is 2.35 bits per heavy atom. The molecule has 5 nitrogen and oxygen atoms in total. The van der Waals surface area contributed by atoms with Crippen molar-refractivity contribution in [3.63, 3.8) is 0 Å². The van der Waals surface area contributed by atoms with Crippen LogP contribution < -0.4 is 9.46 Å². The highest BCUT2D eigenvalue weighted by Gasteiger charge is 2.14. The standard InChI is InChI=1S/C17H21NO4S/c1-14-5-3-4-6-15(14)13-18-23(19,20)17-9-7-16(8-10-17)22-12-11-21-2/h3-10,18H,11-13H2,1-2H3. The summed E-state index contributed by atoms with van der Waals surface area (Å²) in [5.74, 6) is 0.611. The third-order valence-electron chi connectivity index (χ3n) is 3.40. The summed E-state index contributed by atoms with van der Waals surface area (Å²) in [6, 6.07) is 14.0. The van der Waals surface area contributed by atoms with Gasteiger partial charge in [0.2, 0.25) is 10.0 Å². The zero-order chi connectivity index (χ0) is 16.7. The smallest absolute Gasteiger partial charge is 0.240 e. The zero-order valence-electron chi connectivity index (χ0n) is 13.3. The van der Waals surface area contributed by atoms with E-state index in [2.05, 4.69) is 4.72 Å². The van der Waals surface area contributed by atoms with Crippen LogP contribution in [0.25, 0.3) is 0 Å². The predicted molar refractivity (Wildman–Crippen MR) is 89.0 cm³/mol. The minimum atomic E-state index is -3.55. The van der Waals surface area contributed by atoms with Crippen molar-refractivity contribution < 1.29 is 17.9 Å². The Kier molecular flexibility index (Phi) is 6.15. The number of methoxy groups -OCH3 is 1. The van der Waals surface area contributed by atoms with E-state index >= 15 is 0 Å². The molecule has 0 aliphatic heterocycles. The summed E-state index contributed by atoms with van der Waals surface area (Å²) in [5.41, 5.74) is 2.01. The van der Waals surface area contributed by atoms with E-state index in [-0.39, 0.29) is 11.4 Å². The highest BCUT2D eigenvalue weighted by Crippen LogP contribution is 2.16. The van der Waals surface area contributed by atoms with Gasteiger partial charge >= 0.3 is 0 Å². The van der Waals surface area contributed by atoms with E-state index in [0.29, 0.717) is 19.0 Å². The lowest BCUT2D eigenvalue weighted by atomic mass is 10.1. The van der Waals surface area contributed by atoms with Crippen LogP contribution >= 0.6 is 0 Å². The lowest BCUT2D eigenvalue weighted by molar-refractivity contribution is 0.146. The van der Waals surface area contributed by atoms with Gasteiger partial charge in [0, 0.05) is 13.7 Å². The first-order valence-electron chi connectivity index (χ1n) is 7.29. The van der Waals surface area contributed by atoms with Crippen molar-refractivity contribution >= 4 is 10.0 Å². The zero-order valence-corrected chi connectivity index (χ0v) is 14.1. The maximum Gasteiger partial charge on any atom is 0.240 e. The molecule has 0 saturated carbocycles. The number of sulfonamides is 1. The Morgan fingerprint density at radius 1 is 1.00 bits per heavy atom. The third kappa shape index (κ3) is 5.06. The van der Waals surface area contributed by atoms with E-state index in [0.717, 1.165) is 11.1 Å². The van der Waals surface area contributed by atoms with E-state index in [1.807, 2.05) is 31.2 Å². The molecule has 0 radical (unpaired) electrons. The highest BCUT2D eigenvalue weighted by molar-refractivity contribution is 7.89. The number of rotatable bonds is 8. The molecule has 0 spiro atoms. The average Bonchev–Trinajstić information content (AvgIpc) is 2.55. The average molecular weight is 335 g/mol. The van der Waals surface area contributed by atoms with E-state index < -0.39 is 10.0 Å². The molecule has 23 heavy (non-hydrogen) atoms. The van der Waals surface area contributed by atoms with Crippen molar-refractivity contribution in [1.29, 1.82) is 0 Å². The van der Waals surface area contributed by atoms with E-state index in [4.69, 9.17) is 9.47 Å². The summed E-state index contributed by atoms with van der Waals surface area (Å²) in [5, 5.41) is 0. The lowest BCUT2D eigenvalue weighted by Crippen LogP contribution is -2.23. The summed E-state index contributed by atoms with van der Waals surface area (Å²) < 4.78 is 37.6. The summed E-state index contributed by atoms with van der Waals surface area (Å²) >= 11 is 0. The second-order valence-corrected chi connectivity index (χ2v) is 6.83. The van der Waals surface area contributed by atoms with Gasteiger partial charge in [-0.3, -0.25) is 0 Å². The normalized spacial score (nSPS) is 11.4. The first-order valence-corrected chi connectivity index (χ1v) is 8.77. The minimum Gasteiger partial charge on any atom is -0.491 e. The van der Waals surface area contributed by atoms with Crippen molar-refractivity contribution in [2.45, 2.75) is 18.4 Å². The third-order valence-corrected chi connectivity index (χ3v) is 4.82. The van der Waals surface area contributed by atoms with Gasteiger partial charge in [-0.2, -0.15) is 0 Å². The van der Waals surface area contributed by atoms with Crippen LogP contribution in [0.15, 0.2) is 53.4 Å². The van der Waals surface area contributed by atoms with Gasteiger partial charge < -0.3 is 9.47 Å². The molecule has 0 aliphatic rings. The minimum absolute atomic E-state index is 0.213. The van der Waals surface area contributed by atoms with E-state index in [1.54, 1.807) is 19.2 Å². The number of hydrogen-bond acceptors (Lipinski definition) is 4. The van der Waals surface area contributed by atoms with Crippen LogP contribution in [0.3, 0.4) is 0 Å². The molecule has 0 bridgehead atoms. The number of benzene rings is 2. The van der Waals surface area contributed by atoms with Gasteiger partial charge in [-0.25, -0.2) is 13.1 Å². The summed E-state index contributed by atoms with van der Waals surface area (Å²) in [7, 11) is -1.95. The number of ether oxygens (including phenoxy) is 2. The van der Waals surface area contributed by atoms with Crippen molar-refractivity contribution in [3.05, 3.63) is 59.7 Å². The molecule has 0 fully saturated rings. The lowest BCUT2D eigenvalue weighted by Gasteiger charge is -2.10. The molecule has 0 aliphatic carbocycles. The van der Waals surface area contributed by atoms with Crippen molar-refractivity contribution in [2.24, 2.45) is 0 Å². The van der Waals surface area contributed by atoms with Crippen LogP contribution in [-0.4, -0.2) is 28.7 Å². The monoisotopic (exact) mass is 335 g/mol. The molecular formula is C17H21NO4S. The second kappa shape index (κ2) is 8.10. The molecule has 2 aromatic rings. The van der Waals surface area contributed by atoms with Crippen LogP contribution in [0.2, 0.25) is 0 Å². The molecular weight excluding hydrogens is 314 g/mol. The Hall–Kier alpha value is -1.89. The largest absolute Gasteiger partial charge is 0.491 e. The quantitative estimate of drug-likeness (QED) is 0.753. The summed E-state index contributed by atoms with van der Waals surface area (Å²) in [6.07, 6.45) is 0. The van der Waals surface area contributed by atoms with Crippen LogP contribution in [0, 0.1) is 6.92 Å². The number of aryl methyl sites for hydroxylation is 1. The highest BCUT2D eigenvalue weighted by atomic mass is 32.2. The topological polar surface area (TPSA) is 64.6 Å². The molecule has 0 amide bonds. The molecule has 0 atom stereocenters. The van der Waals surface area contributed by atoms with Crippen molar-refractivity contribution in [1.82, 2.24) is 4.72 Å². The second-order valence-electron chi connectivity index (χ2n) is 5.06. The Labute approximate surface area is 137 Å². The van der Waals surface area contributed by atoms with Crippen LogP contribution in [0.1, 0.15) is 11.1 Å². The fourth-order valence-electron chi connectivity index (χ4n) is 2.02. The van der Waals surface area contributed by atoms with Crippen molar-refractivity contribution in [2.75, 3.05) is 20.3 Å². The van der Waals surface area contributed by atoms with Gasteiger partial charge in [0.15, 0.2) is 0 Å². The first-order chi connectivity index (χ1) is 11.0. The fraction of sp³-hybridized carbons (Fsp3) is 0.294. The van der Waals surface area contributed by atoms with Crippen LogP contribution in [0.4, 0.5) is 0 Å². The van der Waals surface area contributed by atoms with E-state index in [1.165, 1.54) is 12.1 Å². The number of hydrogen-bond donors (Lipinski definition) is 1. The van der Waals surface area contributed by atoms with Gasteiger partial charge in [-0.15, -0.1) is 0 Å². The molecule has 0 unspecified atom stereocenters. The van der Waals surface area contributed by atoms with Gasteiger partial charge in [0.25, 0.3) is 0 Å². The first kappa shape index (κ1) is 17.5. The van der Waals surface area contributed by atoms with Gasteiger partial charge in [-0.05, 0) is 42.3 Å². The number of nitrogens with one attached hydrogen (secondary N) is 1. The van der Waals surface area contributed by atoms with Gasteiger partial charge in [0.1, 0.15) is 12.4 Å². The van der Waals surface area contributed by atoms with E-state index in [9.17, 15) is 8.42 Å². The molecule has 6 heteroatoms. The Balaban J connectivity index is 2.00. The fourth-order valence-corrected chi connectivity index (χ4v) is 3.03. The SMILES string of the molecule is COCCOc1ccc(S(=O)(=O)NCc2ccccc2C)cc1. The maximum absolute atomic E-state index is 12.3. The summed E-state index contributed by atoms with van der Waals surface area (Å²) in [4.78, 5) is 0.213.